The zero-order valence-corrected chi connectivity index (χ0v) is 21.8. The summed E-state index contributed by atoms with van der Waals surface area (Å²) < 4.78 is 0. The molecule has 1 aliphatic rings. The van der Waals surface area contributed by atoms with Crippen molar-refractivity contribution in [2.24, 2.45) is 17.6 Å². The predicted molar refractivity (Wildman–Crippen MR) is 151 cm³/mol. The highest BCUT2D eigenvalue weighted by molar-refractivity contribution is 5.97. The summed E-state index contributed by atoms with van der Waals surface area (Å²) in [6, 6.07) is 23.0. The summed E-state index contributed by atoms with van der Waals surface area (Å²) in [5, 5.41) is 0. The molecule has 1 amide bonds. The number of nitrogens with two attached hydrogens (primary N) is 1. The normalized spacial score (nSPS) is 17.8. The van der Waals surface area contributed by atoms with E-state index in [-0.39, 0.29) is 23.8 Å². The lowest BCUT2D eigenvalue weighted by molar-refractivity contribution is -0.120. The molecule has 1 fully saturated rings. The van der Waals surface area contributed by atoms with Crippen LogP contribution in [0.4, 0.5) is 5.69 Å². The molecule has 188 valence electrons. The van der Waals surface area contributed by atoms with Gasteiger partial charge in [-0.25, -0.2) is 0 Å². The van der Waals surface area contributed by atoms with Crippen LogP contribution in [0.2, 0.25) is 0 Å². The Morgan fingerprint density at radius 1 is 1.03 bits per heavy atom. The first-order valence-corrected chi connectivity index (χ1v) is 13.0. The molecule has 0 aliphatic heterocycles. The average molecular weight is 482 g/mol. The van der Waals surface area contributed by atoms with E-state index in [2.05, 4.69) is 87.1 Å². The molecule has 0 bridgehead atoms. The number of carbonyl (C=O) groups excluding carboxylic acids is 1. The van der Waals surface area contributed by atoms with E-state index >= 15 is 0 Å². The lowest BCUT2D eigenvalue weighted by Gasteiger charge is -2.29. The molecule has 1 aromatic heterocycles. The zero-order chi connectivity index (χ0) is 26.1. The van der Waals surface area contributed by atoms with Crippen LogP contribution < -0.4 is 10.6 Å². The van der Waals surface area contributed by atoms with Crippen molar-refractivity contribution in [1.29, 1.82) is 0 Å². The smallest absolute Gasteiger partial charge is 0.230 e. The summed E-state index contributed by atoms with van der Waals surface area (Å²) in [5.74, 6) is 0.690. The molecule has 2 N–H and O–H groups in total. The summed E-state index contributed by atoms with van der Waals surface area (Å²) in [4.78, 5) is 20.0. The van der Waals surface area contributed by atoms with Crippen LogP contribution in [0.25, 0.3) is 11.1 Å². The Balaban J connectivity index is 0.00000176. The Bertz CT molecular complexity index is 1110. The summed E-state index contributed by atoms with van der Waals surface area (Å²) in [5.41, 5.74) is 12.2. The molecule has 3 aromatic rings. The number of pyridine rings is 1. The van der Waals surface area contributed by atoms with E-state index in [4.69, 9.17) is 5.73 Å². The zero-order valence-electron chi connectivity index (χ0n) is 21.8. The summed E-state index contributed by atoms with van der Waals surface area (Å²) >= 11 is 0. The highest BCUT2D eigenvalue weighted by atomic mass is 16.2. The summed E-state index contributed by atoms with van der Waals surface area (Å²) in [7, 11) is 0. The number of nitrogens with zero attached hydrogens (tertiary/aromatic N) is 2. The van der Waals surface area contributed by atoms with Crippen LogP contribution in [-0.4, -0.2) is 23.5 Å². The van der Waals surface area contributed by atoms with Crippen LogP contribution in [0, 0.1) is 24.7 Å². The van der Waals surface area contributed by atoms with Crippen molar-refractivity contribution < 1.29 is 4.79 Å². The van der Waals surface area contributed by atoms with Gasteiger partial charge in [-0.05, 0) is 59.7 Å². The molecule has 1 aliphatic carbocycles. The van der Waals surface area contributed by atoms with Gasteiger partial charge in [-0.15, -0.1) is 12.8 Å². The predicted octanol–water partition coefficient (Wildman–Crippen LogP) is 6.46. The number of hydrogen-bond acceptors (Lipinski definition) is 3. The second-order valence-corrected chi connectivity index (χ2v) is 9.70. The van der Waals surface area contributed by atoms with Crippen LogP contribution in [-0.2, 0) is 11.2 Å². The van der Waals surface area contributed by atoms with Gasteiger partial charge >= 0.3 is 0 Å². The lowest BCUT2D eigenvalue weighted by atomic mass is 9.98. The Morgan fingerprint density at radius 2 is 1.67 bits per heavy atom. The van der Waals surface area contributed by atoms with E-state index < -0.39 is 0 Å². The third kappa shape index (κ3) is 6.62. The van der Waals surface area contributed by atoms with Crippen molar-refractivity contribution >= 4 is 11.6 Å². The second-order valence-electron chi connectivity index (χ2n) is 9.70. The number of aromatic nitrogens is 1. The quantitative estimate of drug-likeness (QED) is 0.338. The van der Waals surface area contributed by atoms with Crippen LogP contribution in [0.1, 0.15) is 57.2 Å². The monoisotopic (exact) mass is 481 g/mol. The largest absolute Gasteiger partial charge is 0.326 e. The molecule has 2 aromatic carbocycles. The fraction of sp³-hybridized carbons (Fsp3) is 0.375. The van der Waals surface area contributed by atoms with Crippen molar-refractivity contribution in [2.45, 2.75) is 58.4 Å². The van der Waals surface area contributed by atoms with E-state index in [1.165, 1.54) is 11.1 Å². The van der Waals surface area contributed by atoms with Crippen LogP contribution in [0.3, 0.4) is 0 Å². The number of carbonyl (C=O) groups is 1. The number of anilines is 1. The second kappa shape index (κ2) is 13.0. The molecular formula is C32H39N3O. The minimum Gasteiger partial charge on any atom is -0.326 e. The van der Waals surface area contributed by atoms with Crippen LogP contribution in [0.15, 0.2) is 72.9 Å². The highest BCUT2D eigenvalue weighted by Gasteiger charge is 2.47. The minimum absolute atomic E-state index is 0.0233. The van der Waals surface area contributed by atoms with Gasteiger partial charge in [0, 0.05) is 42.0 Å². The standard InChI is InChI=1S/C30H37N3O.C2H2/c1-4-8-22-10-12-23(13-11-22)24-14-16-25(17-15-24)33(20-28(31)21(3)5-2)30(34)27-19-26(27)29-9-6-7-18-32-29;1-2/h6-7,9-18,21,26-28H,4-5,8,19-20,31H2,1-3H3;1-2H/t21-,26?,27+,28?;/m0./s1. The Kier molecular flexibility index (Phi) is 9.85. The molecule has 1 heterocycles. The number of amides is 1. The topological polar surface area (TPSA) is 59.2 Å². The first kappa shape index (κ1) is 27.2. The van der Waals surface area contributed by atoms with Gasteiger partial charge in [-0.1, -0.05) is 76.1 Å². The number of terminal acetylenes is 1. The minimum atomic E-state index is -0.0632. The van der Waals surface area contributed by atoms with Gasteiger partial charge in [0.05, 0.1) is 0 Å². The van der Waals surface area contributed by atoms with Gasteiger partial charge in [-0.2, -0.15) is 0 Å². The number of benzene rings is 2. The van der Waals surface area contributed by atoms with Crippen molar-refractivity contribution in [3.63, 3.8) is 0 Å². The van der Waals surface area contributed by atoms with Gasteiger partial charge in [0.2, 0.25) is 5.91 Å². The third-order valence-electron chi connectivity index (χ3n) is 7.21. The maximum atomic E-state index is 13.6. The Labute approximate surface area is 216 Å². The fourth-order valence-corrected chi connectivity index (χ4v) is 4.59. The summed E-state index contributed by atoms with van der Waals surface area (Å²) in [6.45, 7) is 7.04. The van der Waals surface area contributed by atoms with Crippen LogP contribution in [0.5, 0.6) is 0 Å². The maximum absolute atomic E-state index is 13.6. The number of hydrogen-bond donors (Lipinski definition) is 1. The van der Waals surface area contributed by atoms with E-state index in [0.29, 0.717) is 12.5 Å². The van der Waals surface area contributed by atoms with Gasteiger partial charge in [0.1, 0.15) is 0 Å². The molecule has 0 radical (unpaired) electrons. The lowest BCUT2D eigenvalue weighted by Crippen LogP contribution is -2.45. The molecule has 4 nitrogen and oxygen atoms in total. The van der Waals surface area contributed by atoms with Gasteiger partial charge < -0.3 is 10.6 Å². The SMILES string of the molecule is C#C.CCCc1ccc(-c2ccc(N(CC(N)[C@@H](C)CC)C(=O)[C@@H]3CC3c3ccccn3)cc2)cc1. The Hall–Kier alpha value is -3.42. The Morgan fingerprint density at radius 3 is 2.22 bits per heavy atom. The van der Waals surface area contributed by atoms with Crippen LogP contribution >= 0.6 is 0 Å². The maximum Gasteiger partial charge on any atom is 0.230 e. The molecule has 4 atom stereocenters. The van der Waals surface area contributed by atoms with Crippen molar-refractivity contribution in [3.05, 3.63) is 84.2 Å². The molecular weight excluding hydrogens is 442 g/mol. The van der Waals surface area contributed by atoms with Gasteiger partial charge in [0.25, 0.3) is 0 Å². The van der Waals surface area contributed by atoms with E-state index in [1.807, 2.05) is 23.1 Å². The van der Waals surface area contributed by atoms with Crippen molar-refractivity contribution in [2.75, 3.05) is 11.4 Å². The molecule has 2 unspecified atom stereocenters. The fourth-order valence-electron chi connectivity index (χ4n) is 4.59. The van der Waals surface area contributed by atoms with E-state index in [0.717, 1.165) is 42.6 Å². The van der Waals surface area contributed by atoms with E-state index in [9.17, 15) is 4.79 Å². The number of aryl methyl sites for hydroxylation is 1. The van der Waals surface area contributed by atoms with Gasteiger partial charge in [-0.3, -0.25) is 9.78 Å². The summed E-state index contributed by atoms with van der Waals surface area (Å²) in [6.07, 6.45) is 13.9. The number of rotatable bonds is 10. The highest BCUT2D eigenvalue weighted by Crippen LogP contribution is 2.48. The molecule has 4 rings (SSSR count). The van der Waals surface area contributed by atoms with Gasteiger partial charge in [0.15, 0.2) is 0 Å². The molecule has 4 heteroatoms. The molecule has 0 saturated heterocycles. The molecule has 0 spiro atoms. The average Bonchev–Trinajstić information content (AvgIpc) is 3.74. The first-order chi connectivity index (χ1) is 17.5. The molecule has 36 heavy (non-hydrogen) atoms. The van der Waals surface area contributed by atoms with E-state index in [1.54, 1.807) is 6.20 Å². The third-order valence-corrected chi connectivity index (χ3v) is 7.21. The first-order valence-electron chi connectivity index (χ1n) is 13.0. The van der Waals surface area contributed by atoms with Crippen molar-refractivity contribution in [1.82, 2.24) is 4.98 Å². The van der Waals surface area contributed by atoms with Crippen molar-refractivity contribution in [3.8, 4) is 24.0 Å². The molecule has 1 saturated carbocycles.